The summed E-state index contributed by atoms with van der Waals surface area (Å²) in [5, 5.41) is 7.18. The highest BCUT2D eigenvalue weighted by atomic mass is 16.5. The summed E-state index contributed by atoms with van der Waals surface area (Å²) >= 11 is 0. The Bertz CT molecular complexity index is 949. The van der Waals surface area contributed by atoms with Crippen LogP contribution in [0.2, 0.25) is 0 Å². The third-order valence-corrected chi connectivity index (χ3v) is 4.17. The van der Waals surface area contributed by atoms with E-state index >= 15 is 0 Å². The van der Waals surface area contributed by atoms with Crippen molar-refractivity contribution in [3.8, 4) is 11.5 Å². The molecule has 0 atom stereocenters. The van der Waals surface area contributed by atoms with Crippen LogP contribution in [0, 0.1) is 13.8 Å². The van der Waals surface area contributed by atoms with Crippen LogP contribution in [0.5, 0.6) is 11.5 Å². The van der Waals surface area contributed by atoms with Gasteiger partial charge in [0.15, 0.2) is 17.1 Å². The molecule has 0 unspecified atom stereocenters. The summed E-state index contributed by atoms with van der Waals surface area (Å²) in [7, 11) is 3.21. The Morgan fingerprint density at radius 1 is 1.15 bits per heavy atom. The van der Waals surface area contributed by atoms with Crippen LogP contribution in [0.1, 0.15) is 27.3 Å². The second-order valence-corrected chi connectivity index (χ2v) is 6.03. The van der Waals surface area contributed by atoms with Crippen LogP contribution in [-0.4, -0.2) is 41.3 Å². The Morgan fingerprint density at radius 2 is 1.92 bits per heavy atom. The summed E-state index contributed by atoms with van der Waals surface area (Å²) in [6.07, 6.45) is 2.23. The van der Waals surface area contributed by atoms with Gasteiger partial charge in [0.25, 0.3) is 5.91 Å². The number of benzene rings is 1. The molecule has 1 N–H and O–H groups in total. The normalized spacial score (nSPS) is 10.8. The lowest BCUT2D eigenvalue weighted by Crippen LogP contribution is -2.25. The summed E-state index contributed by atoms with van der Waals surface area (Å²) in [6, 6.07) is 7.65. The van der Waals surface area contributed by atoms with Gasteiger partial charge in [-0.25, -0.2) is 9.50 Å². The number of hydrogen-bond acceptors (Lipinski definition) is 5. The molecule has 26 heavy (non-hydrogen) atoms. The molecule has 2 heterocycles. The molecule has 0 saturated carbocycles. The highest BCUT2D eigenvalue weighted by Crippen LogP contribution is 2.27. The zero-order valence-corrected chi connectivity index (χ0v) is 15.4. The molecule has 7 heteroatoms. The first-order valence-corrected chi connectivity index (χ1v) is 8.34. The summed E-state index contributed by atoms with van der Waals surface area (Å²) < 4.78 is 12.2. The Hall–Kier alpha value is -3.09. The highest BCUT2D eigenvalue weighted by molar-refractivity contribution is 5.99. The van der Waals surface area contributed by atoms with E-state index < -0.39 is 0 Å². The fraction of sp³-hybridized carbons (Fsp3) is 0.316. The number of aromatic nitrogens is 3. The van der Waals surface area contributed by atoms with Crippen molar-refractivity contribution in [1.82, 2.24) is 19.9 Å². The molecule has 0 spiro atoms. The number of nitrogens with one attached hydrogen (secondary N) is 1. The number of rotatable bonds is 6. The van der Waals surface area contributed by atoms with Gasteiger partial charge in [-0.15, -0.1) is 0 Å². The van der Waals surface area contributed by atoms with Crippen LogP contribution in [0.4, 0.5) is 0 Å². The zero-order valence-electron chi connectivity index (χ0n) is 15.4. The van der Waals surface area contributed by atoms with Gasteiger partial charge in [-0.05, 0) is 44.0 Å². The van der Waals surface area contributed by atoms with E-state index in [0.717, 1.165) is 17.0 Å². The van der Waals surface area contributed by atoms with Crippen molar-refractivity contribution >= 4 is 11.6 Å². The van der Waals surface area contributed by atoms with Crippen LogP contribution in [0.15, 0.2) is 30.5 Å². The maximum Gasteiger partial charge on any atom is 0.256 e. The van der Waals surface area contributed by atoms with E-state index in [0.29, 0.717) is 35.7 Å². The molecule has 0 fully saturated rings. The molecule has 2 aromatic heterocycles. The first-order chi connectivity index (χ1) is 12.5. The highest BCUT2D eigenvalue weighted by Gasteiger charge is 2.15. The lowest BCUT2D eigenvalue weighted by Gasteiger charge is -2.10. The van der Waals surface area contributed by atoms with Crippen LogP contribution < -0.4 is 14.8 Å². The van der Waals surface area contributed by atoms with Crippen molar-refractivity contribution in [2.45, 2.75) is 20.3 Å². The monoisotopic (exact) mass is 354 g/mol. The van der Waals surface area contributed by atoms with Gasteiger partial charge in [0.2, 0.25) is 0 Å². The number of fused-ring (bicyclic) bond motifs is 1. The molecule has 0 aliphatic rings. The van der Waals surface area contributed by atoms with E-state index in [-0.39, 0.29) is 5.91 Å². The quantitative estimate of drug-likeness (QED) is 0.735. The largest absolute Gasteiger partial charge is 0.493 e. The molecule has 3 rings (SSSR count). The van der Waals surface area contributed by atoms with Gasteiger partial charge in [0, 0.05) is 17.9 Å². The average Bonchev–Trinajstić information content (AvgIpc) is 3.05. The average molecular weight is 354 g/mol. The summed E-state index contributed by atoms with van der Waals surface area (Å²) in [5.74, 6) is 1.18. The smallest absolute Gasteiger partial charge is 0.256 e. The predicted molar refractivity (Wildman–Crippen MR) is 98.0 cm³/mol. The van der Waals surface area contributed by atoms with Gasteiger partial charge in [-0.3, -0.25) is 4.79 Å². The predicted octanol–water partition coefficient (Wildman–Crippen LogP) is 2.34. The lowest BCUT2D eigenvalue weighted by atomic mass is 10.1. The second kappa shape index (κ2) is 7.43. The SMILES string of the molecule is COc1ccc(CCNC(=O)c2cnn3c(C)cc(C)nc23)cc1OC. The van der Waals surface area contributed by atoms with Gasteiger partial charge in [-0.1, -0.05) is 6.07 Å². The van der Waals surface area contributed by atoms with Crippen molar-refractivity contribution < 1.29 is 14.3 Å². The van der Waals surface area contributed by atoms with E-state index in [1.165, 1.54) is 0 Å². The maximum atomic E-state index is 12.5. The van der Waals surface area contributed by atoms with E-state index in [1.54, 1.807) is 24.9 Å². The number of hydrogen-bond donors (Lipinski definition) is 1. The third kappa shape index (κ3) is 3.46. The molecule has 0 aliphatic carbocycles. The van der Waals surface area contributed by atoms with Crippen molar-refractivity contribution in [1.29, 1.82) is 0 Å². The molecule has 136 valence electrons. The first-order valence-electron chi connectivity index (χ1n) is 8.34. The van der Waals surface area contributed by atoms with Gasteiger partial charge in [-0.2, -0.15) is 5.10 Å². The maximum absolute atomic E-state index is 12.5. The Labute approximate surface area is 152 Å². The zero-order chi connectivity index (χ0) is 18.7. The Kier molecular flexibility index (Phi) is 5.06. The van der Waals surface area contributed by atoms with E-state index in [4.69, 9.17) is 9.47 Å². The van der Waals surface area contributed by atoms with Gasteiger partial charge < -0.3 is 14.8 Å². The Balaban J connectivity index is 1.68. The van der Waals surface area contributed by atoms with Crippen LogP contribution in [0.25, 0.3) is 5.65 Å². The number of ether oxygens (including phenoxy) is 2. The van der Waals surface area contributed by atoms with Gasteiger partial charge in [0.1, 0.15) is 5.56 Å². The molecule has 0 aliphatic heterocycles. The molecule has 1 amide bonds. The topological polar surface area (TPSA) is 77.8 Å². The fourth-order valence-corrected chi connectivity index (χ4v) is 2.88. The number of amides is 1. The Morgan fingerprint density at radius 3 is 2.65 bits per heavy atom. The fourth-order valence-electron chi connectivity index (χ4n) is 2.88. The minimum atomic E-state index is -0.182. The molecule has 1 aromatic carbocycles. The van der Waals surface area contributed by atoms with Gasteiger partial charge in [0.05, 0.1) is 20.4 Å². The summed E-state index contributed by atoms with van der Waals surface area (Å²) in [4.78, 5) is 16.9. The van der Waals surface area contributed by atoms with Crippen molar-refractivity contribution in [2.24, 2.45) is 0 Å². The molecular formula is C19H22N4O3. The second-order valence-electron chi connectivity index (χ2n) is 6.03. The molecule has 0 saturated heterocycles. The van der Waals surface area contributed by atoms with E-state index in [1.807, 2.05) is 38.1 Å². The standard InChI is InChI=1S/C19H22N4O3/c1-12-9-13(2)23-18(22-12)15(11-21-23)19(24)20-8-7-14-5-6-16(25-3)17(10-14)26-4/h5-6,9-11H,7-8H2,1-4H3,(H,20,24). The molecule has 3 aromatic rings. The van der Waals surface area contributed by atoms with Crippen molar-refractivity contribution in [3.05, 3.63) is 53.0 Å². The number of carbonyl (C=O) groups excluding carboxylic acids is 1. The molecule has 0 bridgehead atoms. The third-order valence-electron chi connectivity index (χ3n) is 4.17. The number of methoxy groups -OCH3 is 2. The van der Waals surface area contributed by atoms with Crippen LogP contribution in [-0.2, 0) is 6.42 Å². The van der Waals surface area contributed by atoms with Crippen LogP contribution in [0.3, 0.4) is 0 Å². The van der Waals surface area contributed by atoms with Crippen molar-refractivity contribution in [3.63, 3.8) is 0 Å². The molecule has 7 nitrogen and oxygen atoms in total. The number of nitrogens with zero attached hydrogens (tertiary/aromatic N) is 3. The minimum Gasteiger partial charge on any atom is -0.493 e. The molecule has 0 radical (unpaired) electrons. The first kappa shape index (κ1) is 17.7. The number of carbonyl (C=O) groups is 1. The van der Waals surface area contributed by atoms with Crippen LogP contribution >= 0.6 is 0 Å². The summed E-state index contributed by atoms with van der Waals surface area (Å²) in [6.45, 7) is 4.34. The van der Waals surface area contributed by atoms with E-state index in [9.17, 15) is 4.79 Å². The lowest BCUT2D eigenvalue weighted by molar-refractivity contribution is 0.0955. The van der Waals surface area contributed by atoms with E-state index in [2.05, 4.69) is 15.4 Å². The minimum absolute atomic E-state index is 0.182. The number of aryl methyl sites for hydroxylation is 2. The molecular weight excluding hydrogens is 332 g/mol. The van der Waals surface area contributed by atoms with Crippen molar-refractivity contribution in [2.75, 3.05) is 20.8 Å². The van der Waals surface area contributed by atoms with Gasteiger partial charge >= 0.3 is 0 Å². The summed E-state index contributed by atoms with van der Waals surface area (Å²) in [5.41, 5.74) is 3.90.